The Morgan fingerprint density at radius 2 is 1.86 bits per heavy atom. The van der Waals surface area contributed by atoms with E-state index in [1.54, 1.807) is 19.2 Å². The molecule has 2 aromatic carbocycles. The first-order valence-corrected chi connectivity index (χ1v) is 10.1. The van der Waals surface area contributed by atoms with Crippen LogP contribution in [0.2, 0.25) is 5.02 Å². The molecule has 2 aromatic rings. The van der Waals surface area contributed by atoms with Crippen molar-refractivity contribution in [1.82, 2.24) is 10.2 Å². The van der Waals surface area contributed by atoms with Crippen LogP contribution in [0.3, 0.4) is 0 Å². The van der Waals surface area contributed by atoms with Gasteiger partial charge in [-0.3, -0.25) is 9.69 Å². The first-order chi connectivity index (χ1) is 14.1. The van der Waals surface area contributed by atoms with Crippen molar-refractivity contribution in [2.24, 2.45) is 0 Å². The predicted molar refractivity (Wildman–Crippen MR) is 113 cm³/mol. The minimum atomic E-state index is -0.163. The molecule has 7 heteroatoms. The lowest BCUT2D eigenvalue weighted by Crippen LogP contribution is -2.44. The molecule has 1 saturated heterocycles. The second-order valence-corrected chi connectivity index (χ2v) is 7.35. The molecule has 3 rings (SSSR count). The molecule has 1 fully saturated rings. The van der Waals surface area contributed by atoms with Gasteiger partial charge >= 0.3 is 0 Å². The molecule has 0 bridgehead atoms. The lowest BCUT2D eigenvalue weighted by molar-refractivity contribution is -0.123. The van der Waals surface area contributed by atoms with E-state index in [-0.39, 0.29) is 18.6 Å². The fraction of sp³-hybridized carbons (Fsp3) is 0.409. The molecule has 0 radical (unpaired) electrons. The van der Waals surface area contributed by atoms with Crippen LogP contribution in [0.25, 0.3) is 0 Å². The molecule has 6 nitrogen and oxygen atoms in total. The highest BCUT2D eigenvalue weighted by Crippen LogP contribution is 2.24. The number of ether oxygens (including phenoxy) is 3. The first kappa shape index (κ1) is 21.4. The number of benzene rings is 2. The van der Waals surface area contributed by atoms with E-state index >= 15 is 0 Å². The van der Waals surface area contributed by atoms with Gasteiger partial charge in [0.25, 0.3) is 5.91 Å². The summed E-state index contributed by atoms with van der Waals surface area (Å²) in [6.45, 7) is 5.39. The highest BCUT2D eigenvalue weighted by atomic mass is 35.5. The van der Waals surface area contributed by atoms with Gasteiger partial charge in [0.1, 0.15) is 11.5 Å². The van der Waals surface area contributed by atoms with Crippen LogP contribution in [0.15, 0.2) is 42.5 Å². The summed E-state index contributed by atoms with van der Waals surface area (Å²) in [6.07, 6.45) is 0. The van der Waals surface area contributed by atoms with Crippen LogP contribution in [0.5, 0.6) is 11.5 Å². The zero-order chi connectivity index (χ0) is 20.6. The second-order valence-electron chi connectivity index (χ2n) is 6.94. The number of carbonyl (C=O) groups is 1. The molecular weight excluding hydrogens is 392 g/mol. The van der Waals surface area contributed by atoms with Crippen LogP contribution in [-0.4, -0.2) is 57.4 Å². The quantitative estimate of drug-likeness (QED) is 0.713. The summed E-state index contributed by atoms with van der Waals surface area (Å²) in [7, 11) is 1.65. The Bertz CT molecular complexity index is 807. The Morgan fingerprint density at radius 1 is 1.17 bits per heavy atom. The zero-order valence-corrected chi connectivity index (χ0v) is 17.6. The van der Waals surface area contributed by atoms with Crippen molar-refractivity contribution in [3.05, 3.63) is 58.6 Å². The van der Waals surface area contributed by atoms with E-state index in [0.717, 1.165) is 30.0 Å². The number of carbonyl (C=O) groups excluding carboxylic acids is 1. The van der Waals surface area contributed by atoms with Gasteiger partial charge in [-0.15, -0.1) is 0 Å². The lowest BCUT2D eigenvalue weighted by atomic mass is 10.0. The van der Waals surface area contributed by atoms with Gasteiger partial charge in [0, 0.05) is 24.7 Å². The number of aryl methyl sites for hydroxylation is 1. The van der Waals surface area contributed by atoms with Gasteiger partial charge in [-0.25, -0.2) is 0 Å². The van der Waals surface area contributed by atoms with Crippen LogP contribution < -0.4 is 14.8 Å². The number of hydrogen-bond donors (Lipinski definition) is 1. The number of methoxy groups -OCH3 is 1. The van der Waals surface area contributed by atoms with E-state index < -0.39 is 0 Å². The predicted octanol–water partition coefficient (Wildman–Crippen LogP) is 3.23. The monoisotopic (exact) mass is 418 g/mol. The SMILES string of the molecule is COc1ccc(C(CNC(=O)COc2ccc(Cl)c(C)c2)N2CCOCC2)cc1. The maximum absolute atomic E-state index is 12.4. The van der Waals surface area contributed by atoms with E-state index in [9.17, 15) is 4.79 Å². The summed E-state index contributed by atoms with van der Waals surface area (Å²) >= 11 is 6.02. The number of rotatable bonds is 8. The van der Waals surface area contributed by atoms with Crippen molar-refractivity contribution in [2.45, 2.75) is 13.0 Å². The van der Waals surface area contributed by atoms with Gasteiger partial charge in [-0.1, -0.05) is 23.7 Å². The third-order valence-corrected chi connectivity index (χ3v) is 5.40. The average molecular weight is 419 g/mol. The highest BCUT2D eigenvalue weighted by molar-refractivity contribution is 6.31. The second kappa shape index (κ2) is 10.5. The van der Waals surface area contributed by atoms with Crippen LogP contribution >= 0.6 is 11.6 Å². The number of amides is 1. The molecule has 0 aliphatic carbocycles. The highest BCUT2D eigenvalue weighted by Gasteiger charge is 2.23. The Kier molecular flexibility index (Phi) is 7.75. The van der Waals surface area contributed by atoms with Crippen molar-refractivity contribution in [1.29, 1.82) is 0 Å². The summed E-state index contributed by atoms with van der Waals surface area (Å²) < 4.78 is 16.3. The topological polar surface area (TPSA) is 60.0 Å². The number of nitrogens with zero attached hydrogens (tertiary/aromatic N) is 1. The maximum Gasteiger partial charge on any atom is 0.258 e. The summed E-state index contributed by atoms with van der Waals surface area (Å²) in [4.78, 5) is 14.7. The average Bonchev–Trinajstić information content (AvgIpc) is 2.76. The number of nitrogens with one attached hydrogen (secondary N) is 1. The lowest BCUT2D eigenvalue weighted by Gasteiger charge is -2.35. The third-order valence-electron chi connectivity index (χ3n) is 4.98. The number of hydrogen-bond acceptors (Lipinski definition) is 5. The third kappa shape index (κ3) is 6.10. The summed E-state index contributed by atoms with van der Waals surface area (Å²) in [5, 5.41) is 3.68. The zero-order valence-electron chi connectivity index (χ0n) is 16.8. The van der Waals surface area contributed by atoms with Gasteiger partial charge in [0.15, 0.2) is 6.61 Å². The van der Waals surface area contributed by atoms with Gasteiger partial charge in [0.05, 0.1) is 26.4 Å². The van der Waals surface area contributed by atoms with Crippen LogP contribution in [0.4, 0.5) is 0 Å². The van der Waals surface area contributed by atoms with E-state index in [2.05, 4.69) is 10.2 Å². The maximum atomic E-state index is 12.4. The number of morpholine rings is 1. The minimum Gasteiger partial charge on any atom is -0.497 e. The normalized spacial score (nSPS) is 15.6. The molecule has 0 saturated carbocycles. The van der Waals surface area contributed by atoms with Crippen molar-refractivity contribution in [3.8, 4) is 11.5 Å². The van der Waals surface area contributed by atoms with Gasteiger partial charge in [0.2, 0.25) is 0 Å². The summed E-state index contributed by atoms with van der Waals surface area (Å²) in [5.41, 5.74) is 2.04. The Morgan fingerprint density at radius 3 is 2.52 bits per heavy atom. The number of halogens is 1. The molecule has 156 valence electrons. The van der Waals surface area contributed by atoms with E-state index in [4.69, 9.17) is 25.8 Å². The first-order valence-electron chi connectivity index (χ1n) is 9.68. The summed E-state index contributed by atoms with van der Waals surface area (Å²) in [6, 6.07) is 13.4. The fourth-order valence-electron chi connectivity index (χ4n) is 3.29. The van der Waals surface area contributed by atoms with Gasteiger partial charge in [-0.2, -0.15) is 0 Å². The Hall–Kier alpha value is -2.28. The summed E-state index contributed by atoms with van der Waals surface area (Å²) in [5.74, 6) is 1.27. The molecular formula is C22H27ClN2O4. The van der Waals surface area contributed by atoms with E-state index in [1.807, 2.05) is 37.3 Å². The fourth-order valence-corrected chi connectivity index (χ4v) is 3.41. The van der Waals surface area contributed by atoms with Crippen molar-refractivity contribution in [3.63, 3.8) is 0 Å². The molecule has 0 aromatic heterocycles. The molecule has 1 aliphatic heterocycles. The van der Waals surface area contributed by atoms with Crippen LogP contribution in [-0.2, 0) is 9.53 Å². The van der Waals surface area contributed by atoms with Gasteiger partial charge < -0.3 is 19.5 Å². The molecule has 1 unspecified atom stereocenters. The minimum absolute atomic E-state index is 0.0421. The van der Waals surface area contributed by atoms with Crippen molar-refractivity contribution < 1.29 is 19.0 Å². The molecule has 1 atom stereocenters. The van der Waals surface area contributed by atoms with Crippen LogP contribution in [0.1, 0.15) is 17.2 Å². The molecule has 1 N–H and O–H groups in total. The van der Waals surface area contributed by atoms with Crippen LogP contribution in [0, 0.1) is 6.92 Å². The smallest absolute Gasteiger partial charge is 0.258 e. The molecule has 1 amide bonds. The van der Waals surface area contributed by atoms with Crippen molar-refractivity contribution in [2.75, 3.05) is 46.6 Å². The van der Waals surface area contributed by atoms with Gasteiger partial charge in [-0.05, 0) is 48.4 Å². The largest absolute Gasteiger partial charge is 0.497 e. The molecule has 1 aliphatic rings. The van der Waals surface area contributed by atoms with E-state index in [1.165, 1.54) is 0 Å². The van der Waals surface area contributed by atoms with Crippen molar-refractivity contribution >= 4 is 17.5 Å². The molecule has 1 heterocycles. The molecule has 0 spiro atoms. The Labute approximate surface area is 176 Å². The molecule has 29 heavy (non-hydrogen) atoms. The Balaban J connectivity index is 1.59. The van der Waals surface area contributed by atoms with E-state index in [0.29, 0.717) is 30.5 Å². The standard InChI is InChI=1S/C22H27ClN2O4/c1-16-13-19(7-8-20(16)23)29-15-22(26)24-14-21(25-9-11-28-12-10-25)17-3-5-18(27-2)6-4-17/h3-8,13,21H,9-12,14-15H2,1-2H3,(H,24,26).